The van der Waals surface area contributed by atoms with E-state index in [0.29, 0.717) is 5.69 Å². The van der Waals surface area contributed by atoms with Crippen molar-refractivity contribution in [1.82, 2.24) is 15.2 Å². The Labute approximate surface area is 102 Å². The first-order chi connectivity index (χ1) is 8.27. The lowest BCUT2D eigenvalue weighted by molar-refractivity contribution is 0.0946. The molecule has 0 saturated heterocycles. The molecule has 0 atom stereocenters. The first-order valence-electron chi connectivity index (χ1n) is 6.05. The predicted octanol–water partition coefficient (Wildman–Crippen LogP) is 1.06. The molecule has 0 radical (unpaired) electrons. The molecule has 0 saturated carbocycles. The van der Waals surface area contributed by atoms with Gasteiger partial charge in [-0.1, -0.05) is 11.6 Å². The molecule has 2 N–H and O–H groups in total. The molecule has 1 amide bonds. The summed E-state index contributed by atoms with van der Waals surface area (Å²) < 4.78 is 1.83. The van der Waals surface area contributed by atoms with Crippen LogP contribution in [-0.4, -0.2) is 30.1 Å². The van der Waals surface area contributed by atoms with Crippen molar-refractivity contribution >= 4 is 5.91 Å². The van der Waals surface area contributed by atoms with Crippen molar-refractivity contribution < 1.29 is 4.79 Å². The zero-order chi connectivity index (χ0) is 12.1. The summed E-state index contributed by atoms with van der Waals surface area (Å²) in [4.78, 5) is 11.8. The summed E-state index contributed by atoms with van der Waals surface area (Å²) >= 11 is 0. The minimum absolute atomic E-state index is 0.00651. The molecule has 0 fully saturated rings. The van der Waals surface area contributed by atoms with Crippen LogP contribution in [0.25, 0.3) is 0 Å². The molecule has 92 valence electrons. The number of amides is 1. The molecule has 0 aromatic carbocycles. The van der Waals surface area contributed by atoms with Crippen molar-refractivity contribution in [3.8, 4) is 0 Å². The highest BCUT2D eigenvalue weighted by molar-refractivity contribution is 5.92. The van der Waals surface area contributed by atoms with Gasteiger partial charge in [-0.25, -0.2) is 0 Å². The lowest BCUT2D eigenvalue weighted by Gasteiger charge is -2.14. The molecule has 0 aliphatic carbocycles. The third-order valence-corrected chi connectivity index (χ3v) is 3.07. The standard InChI is InChI=1S/C13H19N3O/c1-16-10-2-3-12(16)13(17)15-9-6-11-4-7-14-8-5-11/h2-4,10,14H,5-9H2,1H3,(H,15,17). The van der Waals surface area contributed by atoms with E-state index in [2.05, 4.69) is 16.7 Å². The van der Waals surface area contributed by atoms with Gasteiger partial charge in [0.25, 0.3) is 5.91 Å². The predicted molar refractivity (Wildman–Crippen MR) is 67.9 cm³/mol. The third kappa shape index (κ3) is 3.20. The van der Waals surface area contributed by atoms with E-state index < -0.39 is 0 Å². The Kier molecular flexibility index (Phi) is 3.98. The molecule has 2 heterocycles. The second-order valence-electron chi connectivity index (χ2n) is 4.33. The number of rotatable bonds is 4. The van der Waals surface area contributed by atoms with Crippen molar-refractivity contribution in [3.63, 3.8) is 0 Å². The van der Waals surface area contributed by atoms with Crippen LogP contribution in [0.2, 0.25) is 0 Å². The second-order valence-corrected chi connectivity index (χ2v) is 4.33. The van der Waals surface area contributed by atoms with Gasteiger partial charge in [-0.3, -0.25) is 4.79 Å². The number of aromatic nitrogens is 1. The van der Waals surface area contributed by atoms with E-state index in [9.17, 15) is 4.79 Å². The van der Waals surface area contributed by atoms with Crippen LogP contribution in [0.15, 0.2) is 30.0 Å². The fourth-order valence-corrected chi connectivity index (χ4v) is 2.02. The Morgan fingerprint density at radius 2 is 2.47 bits per heavy atom. The highest BCUT2D eigenvalue weighted by atomic mass is 16.1. The number of aryl methyl sites for hydroxylation is 1. The fraction of sp³-hybridized carbons (Fsp3) is 0.462. The number of hydrogen-bond acceptors (Lipinski definition) is 2. The quantitative estimate of drug-likeness (QED) is 0.764. The van der Waals surface area contributed by atoms with Gasteiger partial charge in [-0.15, -0.1) is 0 Å². The van der Waals surface area contributed by atoms with Crippen molar-refractivity contribution in [2.75, 3.05) is 19.6 Å². The molecule has 1 aliphatic rings. The van der Waals surface area contributed by atoms with Crippen molar-refractivity contribution in [2.24, 2.45) is 7.05 Å². The molecular weight excluding hydrogens is 214 g/mol. The number of carbonyl (C=O) groups is 1. The minimum Gasteiger partial charge on any atom is -0.350 e. The highest BCUT2D eigenvalue weighted by Gasteiger charge is 2.08. The van der Waals surface area contributed by atoms with Crippen molar-refractivity contribution in [2.45, 2.75) is 12.8 Å². The van der Waals surface area contributed by atoms with Gasteiger partial charge >= 0.3 is 0 Å². The third-order valence-electron chi connectivity index (χ3n) is 3.07. The summed E-state index contributed by atoms with van der Waals surface area (Å²) in [6.07, 6.45) is 6.15. The van der Waals surface area contributed by atoms with Gasteiger partial charge < -0.3 is 15.2 Å². The maximum Gasteiger partial charge on any atom is 0.267 e. The van der Waals surface area contributed by atoms with Gasteiger partial charge in [0, 0.05) is 26.3 Å². The smallest absolute Gasteiger partial charge is 0.267 e. The molecule has 0 unspecified atom stereocenters. The average Bonchev–Trinajstić information content (AvgIpc) is 2.77. The normalized spacial score (nSPS) is 15.5. The molecule has 1 aromatic rings. The lowest BCUT2D eigenvalue weighted by Crippen LogP contribution is -2.27. The molecule has 0 spiro atoms. The van der Waals surface area contributed by atoms with E-state index in [4.69, 9.17) is 0 Å². The van der Waals surface area contributed by atoms with Crippen LogP contribution in [0, 0.1) is 0 Å². The van der Waals surface area contributed by atoms with Crippen molar-refractivity contribution in [1.29, 1.82) is 0 Å². The van der Waals surface area contributed by atoms with Gasteiger partial charge in [0.05, 0.1) is 0 Å². The summed E-state index contributed by atoms with van der Waals surface area (Å²) in [6.45, 7) is 2.73. The fourth-order valence-electron chi connectivity index (χ4n) is 2.02. The SMILES string of the molecule is Cn1cccc1C(=O)NCCC1=CCNCC1. The summed E-state index contributed by atoms with van der Waals surface area (Å²) in [5, 5.41) is 6.23. The summed E-state index contributed by atoms with van der Waals surface area (Å²) in [7, 11) is 1.88. The van der Waals surface area contributed by atoms with Gasteiger partial charge in [0.15, 0.2) is 0 Å². The van der Waals surface area contributed by atoms with E-state index in [1.54, 1.807) is 0 Å². The van der Waals surface area contributed by atoms with Crippen molar-refractivity contribution in [3.05, 3.63) is 35.7 Å². The molecule has 17 heavy (non-hydrogen) atoms. The topological polar surface area (TPSA) is 46.1 Å². The number of carbonyl (C=O) groups excluding carboxylic acids is 1. The molecule has 1 aromatic heterocycles. The number of nitrogens with zero attached hydrogens (tertiary/aromatic N) is 1. The zero-order valence-corrected chi connectivity index (χ0v) is 10.2. The molecule has 2 rings (SSSR count). The Hall–Kier alpha value is -1.55. The van der Waals surface area contributed by atoms with Crippen LogP contribution in [-0.2, 0) is 7.05 Å². The van der Waals surface area contributed by atoms with Crippen LogP contribution >= 0.6 is 0 Å². The van der Waals surface area contributed by atoms with Gasteiger partial charge in [-0.2, -0.15) is 0 Å². The molecule has 4 heteroatoms. The van der Waals surface area contributed by atoms with E-state index in [0.717, 1.165) is 32.5 Å². The van der Waals surface area contributed by atoms with E-state index in [-0.39, 0.29) is 5.91 Å². The first kappa shape index (κ1) is 11.9. The maximum atomic E-state index is 11.8. The van der Waals surface area contributed by atoms with E-state index >= 15 is 0 Å². The zero-order valence-electron chi connectivity index (χ0n) is 10.2. The first-order valence-corrected chi connectivity index (χ1v) is 6.05. The average molecular weight is 233 g/mol. The maximum absolute atomic E-state index is 11.8. The monoisotopic (exact) mass is 233 g/mol. The minimum atomic E-state index is 0.00651. The summed E-state index contributed by atoms with van der Waals surface area (Å²) in [5.41, 5.74) is 2.15. The van der Waals surface area contributed by atoms with Crippen LogP contribution < -0.4 is 10.6 Å². The number of nitrogens with one attached hydrogen (secondary N) is 2. The van der Waals surface area contributed by atoms with E-state index in [1.165, 1.54) is 5.57 Å². The van der Waals surface area contributed by atoms with Gasteiger partial charge in [0.1, 0.15) is 5.69 Å². The molecular formula is C13H19N3O. The Balaban J connectivity index is 1.77. The molecule has 0 bridgehead atoms. The Bertz CT molecular complexity index is 420. The Morgan fingerprint density at radius 1 is 1.59 bits per heavy atom. The van der Waals surface area contributed by atoms with Crippen LogP contribution in [0.4, 0.5) is 0 Å². The summed E-state index contributed by atoms with van der Waals surface area (Å²) in [6, 6.07) is 3.71. The van der Waals surface area contributed by atoms with Crippen LogP contribution in [0.5, 0.6) is 0 Å². The van der Waals surface area contributed by atoms with Crippen LogP contribution in [0.1, 0.15) is 23.3 Å². The van der Waals surface area contributed by atoms with Gasteiger partial charge in [-0.05, 0) is 31.5 Å². The number of hydrogen-bond donors (Lipinski definition) is 2. The summed E-state index contributed by atoms with van der Waals surface area (Å²) in [5.74, 6) is 0.00651. The van der Waals surface area contributed by atoms with Crippen LogP contribution in [0.3, 0.4) is 0 Å². The Morgan fingerprint density at radius 3 is 3.12 bits per heavy atom. The molecule has 1 aliphatic heterocycles. The molecule has 4 nitrogen and oxygen atoms in total. The highest BCUT2D eigenvalue weighted by Crippen LogP contribution is 2.08. The largest absolute Gasteiger partial charge is 0.350 e. The second kappa shape index (κ2) is 5.68. The van der Waals surface area contributed by atoms with E-state index in [1.807, 2.05) is 29.9 Å². The lowest BCUT2D eigenvalue weighted by atomic mass is 10.1. The van der Waals surface area contributed by atoms with Gasteiger partial charge in [0.2, 0.25) is 0 Å².